The molecule has 1 aliphatic heterocycles. The first-order valence-electron chi connectivity index (χ1n) is 11.7. The maximum Gasteiger partial charge on any atom is 0.141 e. The molecule has 0 N–H and O–H groups in total. The normalized spacial score (nSPS) is 14.5. The van der Waals surface area contributed by atoms with Crippen LogP contribution in [-0.4, -0.2) is 41.0 Å². The van der Waals surface area contributed by atoms with Crippen molar-refractivity contribution in [1.82, 2.24) is 14.9 Å². The van der Waals surface area contributed by atoms with Gasteiger partial charge in [0.15, 0.2) is 0 Å². The molecular weight excluding hydrogens is 436 g/mol. The fourth-order valence-corrected chi connectivity index (χ4v) is 5.65. The average molecular weight is 463 g/mol. The van der Waals surface area contributed by atoms with E-state index in [0.29, 0.717) is 0 Å². The molecule has 0 unspecified atom stereocenters. The van der Waals surface area contributed by atoms with E-state index >= 15 is 0 Å². The molecule has 34 heavy (non-hydrogen) atoms. The molecule has 168 valence electrons. The zero-order chi connectivity index (χ0) is 22.7. The molecule has 1 saturated heterocycles. The summed E-state index contributed by atoms with van der Waals surface area (Å²) in [6.07, 6.45) is 1.72. The average Bonchev–Trinajstić information content (AvgIpc) is 3.35. The number of thiophene rings is 1. The number of nitrogens with zero attached hydrogens (tertiary/aromatic N) is 4. The van der Waals surface area contributed by atoms with Gasteiger partial charge in [-0.15, -0.1) is 11.3 Å². The third-order valence-electron chi connectivity index (χ3n) is 6.57. The first-order valence-corrected chi connectivity index (χ1v) is 12.6. The molecule has 5 aromatic rings. The summed E-state index contributed by atoms with van der Waals surface area (Å²) in [6.45, 7) is 5.02. The summed E-state index contributed by atoms with van der Waals surface area (Å²) in [6, 6.07) is 30.1. The summed E-state index contributed by atoms with van der Waals surface area (Å²) in [4.78, 5) is 15.4. The Balaban J connectivity index is 1.25. The molecule has 4 nitrogen and oxygen atoms in total. The van der Waals surface area contributed by atoms with Crippen molar-refractivity contribution in [3.8, 4) is 22.3 Å². The van der Waals surface area contributed by atoms with E-state index in [1.54, 1.807) is 17.7 Å². The lowest BCUT2D eigenvalue weighted by Crippen LogP contribution is -2.46. The molecule has 3 heterocycles. The largest absolute Gasteiger partial charge is 0.353 e. The quantitative estimate of drug-likeness (QED) is 0.305. The van der Waals surface area contributed by atoms with Gasteiger partial charge in [-0.3, -0.25) is 4.90 Å². The Bertz CT molecular complexity index is 1370. The van der Waals surface area contributed by atoms with E-state index in [1.807, 2.05) is 0 Å². The van der Waals surface area contributed by atoms with Gasteiger partial charge in [-0.1, -0.05) is 84.9 Å². The Morgan fingerprint density at radius 2 is 1.32 bits per heavy atom. The second-order valence-corrected chi connectivity index (χ2v) is 9.58. The number of anilines is 1. The predicted octanol–water partition coefficient (Wildman–Crippen LogP) is 6.35. The summed E-state index contributed by atoms with van der Waals surface area (Å²) < 4.78 is 0. The lowest BCUT2D eigenvalue weighted by atomic mass is 10.0. The fraction of sp³-hybridized carbons (Fsp3) is 0.172. The Kier molecular flexibility index (Phi) is 5.79. The number of hydrogen-bond donors (Lipinski definition) is 0. The highest BCUT2D eigenvalue weighted by atomic mass is 32.1. The number of aromatic nitrogens is 2. The van der Waals surface area contributed by atoms with Gasteiger partial charge in [-0.25, -0.2) is 9.97 Å². The topological polar surface area (TPSA) is 32.3 Å². The highest BCUT2D eigenvalue weighted by molar-refractivity contribution is 7.17. The van der Waals surface area contributed by atoms with E-state index in [1.165, 1.54) is 33.2 Å². The highest BCUT2D eigenvalue weighted by Crippen LogP contribution is 2.38. The molecule has 5 heteroatoms. The van der Waals surface area contributed by atoms with Crippen LogP contribution in [-0.2, 0) is 6.54 Å². The number of rotatable bonds is 5. The lowest BCUT2D eigenvalue weighted by molar-refractivity contribution is 0.249. The van der Waals surface area contributed by atoms with E-state index in [2.05, 4.69) is 105 Å². The van der Waals surface area contributed by atoms with Crippen LogP contribution in [0.15, 0.2) is 96.6 Å². The Morgan fingerprint density at radius 1 is 0.676 bits per heavy atom. The van der Waals surface area contributed by atoms with Gasteiger partial charge in [0.1, 0.15) is 17.0 Å². The molecule has 2 aromatic heterocycles. The number of benzene rings is 3. The molecule has 0 bridgehead atoms. The Hall–Kier alpha value is -3.54. The molecule has 3 aromatic carbocycles. The molecule has 1 aliphatic rings. The van der Waals surface area contributed by atoms with Crippen molar-refractivity contribution in [2.24, 2.45) is 0 Å². The highest BCUT2D eigenvalue weighted by Gasteiger charge is 2.22. The predicted molar refractivity (Wildman–Crippen MR) is 142 cm³/mol. The van der Waals surface area contributed by atoms with Gasteiger partial charge in [-0.05, 0) is 22.3 Å². The molecule has 0 saturated carbocycles. The van der Waals surface area contributed by atoms with E-state index < -0.39 is 0 Å². The van der Waals surface area contributed by atoms with E-state index in [9.17, 15) is 0 Å². The van der Waals surface area contributed by atoms with Gasteiger partial charge in [0, 0.05) is 43.7 Å². The van der Waals surface area contributed by atoms with Crippen molar-refractivity contribution >= 4 is 27.4 Å². The van der Waals surface area contributed by atoms with Crippen LogP contribution in [0, 0.1) is 0 Å². The molecular formula is C29H26N4S. The minimum Gasteiger partial charge on any atom is -0.353 e. The summed E-state index contributed by atoms with van der Waals surface area (Å²) in [5, 5.41) is 3.41. The maximum atomic E-state index is 4.77. The van der Waals surface area contributed by atoms with Crippen molar-refractivity contribution < 1.29 is 0 Å². The van der Waals surface area contributed by atoms with Gasteiger partial charge in [-0.2, -0.15) is 0 Å². The minimum absolute atomic E-state index is 0.973. The van der Waals surface area contributed by atoms with Crippen molar-refractivity contribution in [2.45, 2.75) is 6.54 Å². The number of fused-ring (bicyclic) bond motifs is 1. The molecule has 0 amide bonds. The van der Waals surface area contributed by atoms with Gasteiger partial charge < -0.3 is 4.90 Å². The van der Waals surface area contributed by atoms with Crippen LogP contribution in [0.5, 0.6) is 0 Å². The van der Waals surface area contributed by atoms with Crippen molar-refractivity contribution in [1.29, 1.82) is 0 Å². The molecule has 0 atom stereocenters. The fourth-order valence-electron chi connectivity index (χ4n) is 4.74. The summed E-state index contributed by atoms with van der Waals surface area (Å²) >= 11 is 1.70. The van der Waals surface area contributed by atoms with Crippen molar-refractivity contribution in [3.63, 3.8) is 0 Å². The van der Waals surface area contributed by atoms with Crippen LogP contribution in [0.3, 0.4) is 0 Å². The van der Waals surface area contributed by atoms with Crippen LogP contribution in [0.25, 0.3) is 32.5 Å². The van der Waals surface area contributed by atoms with E-state index in [-0.39, 0.29) is 0 Å². The van der Waals surface area contributed by atoms with Gasteiger partial charge in [0.05, 0.1) is 5.39 Å². The van der Waals surface area contributed by atoms with Gasteiger partial charge in [0.2, 0.25) is 0 Å². The van der Waals surface area contributed by atoms with Crippen LogP contribution in [0.4, 0.5) is 5.82 Å². The molecule has 6 rings (SSSR count). The van der Waals surface area contributed by atoms with Crippen LogP contribution >= 0.6 is 11.3 Å². The zero-order valence-corrected chi connectivity index (χ0v) is 19.8. The Morgan fingerprint density at radius 3 is 2.06 bits per heavy atom. The summed E-state index contributed by atoms with van der Waals surface area (Å²) in [5.41, 5.74) is 6.28. The standard InChI is InChI=1S/C29H26N4S/c1-3-7-22(8-4-1)19-32-15-17-33(18-16-32)28-27-26(20-34-29(27)31-21-30-28)25-13-11-24(12-14-25)23-9-5-2-6-10-23/h1-14,20-21H,15-19H2. The molecule has 0 aliphatic carbocycles. The van der Waals surface area contributed by atoms with Crippen LogP contribution in [0.1, 0.15) is 5.56 Å². The van der Waals surface area contributed by atoms with E-state index in [4.69, 9.17) is 4.98 Å². The lowest BCUT2D eigenvalue weighted by Gasteiger charge is -2.35. The van der Waals surface area contributed by atoms with Gasteiger partial charge >= 0.3 is 0 Å². The van der Waals surface area contributed by atoms with E-state index in [0.717, 1.165) is 43.4 Å². The smallest absolute Gasteiger partial charge is 0.141 e. The maximum absolute atomic E-state index is 4.77. The molecule has 1 fully saturated rings. The Labute approximate surface area is 204 Å². The number of piperazine rings is 1. The third-order valence-corrected chi connectivity index (χ3v) is 7.46. The second-order valence-electron chi connectivity index (χ2n) is 8.72. The molecule has 0 spiro atoms. The minimum atomic E-state index is 0.973. The van der Waals surface area contributed by atoms with Crippen LogP contribution in [0.2, 0.25) is 0 Å². The summed E-state index contributed by atoms with van der Waals surface area (Å²) in [5.74, 6) is 1.06. The van der Waals surface area contributed by atoms with Crippen molar-refractivity contribution in [3.05, 3.63) is 102 Å². The molecule has 0 radical (unpaired) electrons. The SMILES string of the molecule is c1ccc(CN2CCN(c3ncnc4scc(-c5ccc(-c6ccccc6)cc5)c34)CC2)cc1. The third kappa shape index (κ3) is 4.20. The first-order chi connectivity index (χ1) is 16.8. The second kappa shape index (κ2) is 9.37. The van der Waals surface area contributed by atoms with Crippen molar-refractivity contribution in [2.75, 3.05) is 31.1 Å². The monoisotopic (exact) mass is 462 g/mol. The zero-order valence-electron chi connectivity index (χ0n) is 19.0. The summed E-state index contributed by atoms with van der Waals surface area (Å²) in [7, 11) is 0. The first kappa shape index (κ1) is 21.0. The van der Waals surface area contributed by atoms with Gasteiger partial charge in [0.25, 0.3) is 0 Å². The number of hydrogen-bond acceptors (Lipinski definition) is 5. The van der Waals surface area contributed by atoms with Crippen LogP contribution < -0.4 is 4.90 Å².